The highest BCUT2D eigenvalue weighted by Crippen LogP contribution is 2.04. The molecule has 0 spiro atoms. The summed E-state index contributed by atoms with van der Waals surface area (Å²) in [5.41, 5.74) is 11.9. The smallest absolute Gasteiger partial charge is 0.323 e. The van der Waals surface area contributed by atoms with Crippen LogP contribution in [0.5, 0.6) is 0 Å². The number of hydrogen-bond donors (Lipinski definition) is 4. The topological polar surface area (TPSA) is 154 Å². The van der Waals surface area contributed by atoms with E-state index in [0.717, 1.165) is 5.56 Å². The molecule has 0 radical (unpaired) electrons. The molecule has 2 unspecified atom stereocenters. The van der Waals surface area contributed by atoms with Gasteiger partial charge in [-0.05, 0) is 12.0 Å². The van der Waals surface area contributed by atoms with Crippen LogP contribution >= 0.6 is 0 Å². The molecule has 0 saturated carbocycles. The molecular weight excluding hydrogens is 344 g/mol. The zero-order valence-corrected chi connectivity index (χ0v) is 14.5. The standard InChI is InChI=1S/C17H26N2O7/c18-7-16(22)26-14(10-24-9-13(21)8-20)11-25-17(23)15(19)6-12-4-2-1-3-5-12/h1-5,13-15,20-21H,6-11,18-19H2/t13?,14?,15-/m0/s1. The predicted molar refractivity (Wildman–Crippen MR) is 91.9 cm³/mol. The van der Waals surface area contributed by atoms with Crippen LogP contribution in [0.25, 0.3) is 0 Å². The third-order valence-corrected chi connectivity index (χ3v) is 3.30. The summed E-state index contributed by atoms with van der Waals surface area (Å²) in [6.07, 6.45) is -1.64. The van der Waals surface area contributed by atoms with Gasteiger partial charge in [-0.25, -0.2) is 0 Å². The van der Waals surface area contributed by atoms with Gasteiger partial charge in [0.2, 0.25) is 0 Å². The minimum absolute atomic E-state index is 0.135. The maximum Gasteiger partial charge on any atom is 0.323 e. The molecule has 0 saturated heterocycles. The van der Waals surface area contributed by atoms with E-state index < -0.39 is 36.8 Å². The maximum absolute atomic E-state index is 12.0. The van der Waals surface area contributed by atoms with Gasteiger partial charge in [0.05, 0.1) is 26.4 Å². The highest BCUT2D eigenvalue weighted by Gasteiger charge is 2.21. The SMILES string of the molecule is NCC(=O)OC(COCC(O)CO)COC(=O)[C@@H](N)Cc1ccccc1. The van der Waals surface area contributed by atoms with Crippen LogP contribution in [0.4, 0.5) is 0 Å². The number of aliphatic hydroxyl groups is 2. The van der Waals surface area contributed by atoms with Gasteiger partial charge in [0.15, 0.2) is 6.10 Å². The first-order chi connectivity index (χ1) is 12.5. The first kappa shape index (κ1) is 22.0. The average Bonchev–Trinajstić information content (AvgIpc) is 2.65. The van der Waals surface area contributed by atoms with Crippen molar-refractivity contribution < 1.29 is 34.0 Å². The second-order valence-electron chi connectivity index (χ2n) is 5.62. The van der Waals surface area contributed by atoms with Crippen molar-refractivity contribution in [3.05, 3.63) is 35.9 Å². The highest BCUT2D eigenvalue weighted by atomic mass is 16.6. The Morgan fingerprint density at radius 2 is 1.81 bits per heavy atom. The van der Waals surface area contributed by atoms with Crippen LogP contribution in [0.1, 0.15) is 5.56 Å². The van der Waals surface area contributed by atoms with Gasteiger partial charge >= 0.3 is 11.9 Å². The van der Waals surface area contributed by atoms with Gasteiger partial charge in [-0.2, -0.15) is 0 Å². The second-order valence-corrected chi connectivity index (χ2v) is 5.62. The van der Waals surface area contributed by atoms with Crippen LogP contribution in [0.3, 0.4) is 0 Å². The van der Waals surface area contributed by atoms with Gasteiger partial charge < -0.3 is 35.9 Å². The molecule has 0 aliphatic heterocycles. The van der Waals surface area contributed by atoms with E-state index in [9.17, 15) is 14.7 Å². The van der Waals surface area contributed by atoms with E-state index in [1.165, 1.54) is 0 Å². The van der Waals surface area contributed by atoms with Crippen LogP contribution < -0.4 is 11.5 Å². The van der Waals surface area contributed by atoms with Crippen molar-refractivity contribution in [2.24, 2.45) is 11.5 Å². The largest absolute Gasteiger partial charge is 0.460 e. The normalized spacial score (nSPS) is 14.3. The summed E-state index contributed by atoms with van der Waals surface area (Å²) in [4.78, 5) is 23.3. The number of hydrogen-bond acceptors (Lipinski definition) is 9. The number of carbonyl (C=O) groups is 2. The Morgan fingerprint density at radius 1 is 1.12 bits per heavy atom. The Hall–Kier alpha value is -2.04. The monoisotopic (exact) mass is 370 g/mol. The van der Waals surface area contributed by atoms with Gasteiger partial charge in [-0.1, -0.05) is 30.3 Å². The van der Waals surface area contributed by atoms with Gasteiger partial charge in [0, 0.05) is 0 Å². The molecule has 0 aliphatic rings. The Bertz CT molecular complexity index is 541. The van der Waals surface area contributed by atoms with E-state index in [-0.39, 0.29) is 26.4 Å². The van der Waals surface area contributed by atoms with Crippen LogP contribution in [0.15, 0.2) is 30.3 Å². The third kappa shape index (κ3) is 8.88. The van der Waals surface area contributed by atoms with E-state index in [1.54, 1.807) is 0 Å². The number of ether oxygens (including phenoxy) is 3. The maximum atomic E-state index is 12.0. The highest BCUT2D eigenvalue weighted by molar-refractivity contribution is 5.76. The number of carbonyl (C=O) groups excluding carboxylic acids is 2. The Kier molecular flexibility index (Phi) is 10.4. The molecule has 0 heterocycles. The number of rotatable bonds is 12. The van der Waals surface area contributed by atoms with Crippen molar-refractivity contribution in [1.29, 1.82) is 0 Å². The summed E-state index contributed by atoms with van der Waals surface area (Å²) in [6, 6.07) is 8.37. The molecule has 1 aromatic carbocycles. The Labute approximate surface area is 151 Å². The van der Waals surface area contributed by atoms with Crippen LogP contribution in [0, 0.1) is 0 Å². The van der Waals surface area contributed by atoms with Crippen molar-refractivity contribution in [2.75, 3.05) is 33.0 Å². The van der Waals surface area contributed by atoms with Crippen LogP contribution in [-0.2, 0) is 30.2 Å². The lowest BCUT2D eigenvalue weighted by atomic mass is 10.1. The minimum atomic E-state index is -1.05. The molecule has 0 fully saturated rings. The zero-order chi connectivity index (χ0) is 19.4. The fraction of sp³-hybridized carbons (Fsp3) is 0.529. The lowest BCUT2D eigenvalue weighted by Gasteiger charge is -2.19. The van der Waals surface area contributed by atoms with Crippen LogP contribution in [-0.4, -0.2) is 73.4 Å². The summed E-state index contributed by atoms with van der Waals surface area (Å²) in [5.74, 6) is -1.33. The molecule has 0 bridgehead atoms. The lowest BCUT2D eigenvalue weighted by Crippen LogP contribution is -2.38. The van der Waals surface area contributed by atoms with E-state index in [2.05, 4.69) is 0 Å². The van der Waals surface area contributed by atoms with Crippen molar-refractivity contribution in [3.63, 3.8) is 0 Å². The van der Waals surface area contributed by atoms with Gasteiger partial charge in [0.1, 0.15) is 18.8 Å². The summed E-state index contributed by atoms with van der Waals surface area (Å²) in [6.45, 7) is -1.35. The molecule has 0 aliphatic carbocycles. The fourth-order valence-corrected chi connectivity index (χ4v) is 1.97. The molecule has 1 aromatic rings. The third-order valence-electron chi connectivity index (χ3n) is 3.30. The van der Waals surface area contributed by atoms with Crippen LogP contribution in [0.2, 0.25) is 0 Å². The van der Waals surface area contributed by atoms with Gasteiger partial charge in [-0.3, -0.25) is 9.59 Å². The number of esters is 2. The van der Waals surface area contributed by atoms with Gasteiger partial charge in [0.25, 0.3) is 0 Å². The molecule has 3 atom stereocenters. The van der Waals surface area contributed by atoms with E-state index in [1.807, 2.05) is 30.3 Å². The number of nitrogens with two attached hydrogens (primary N) is 2. The van der Waals surface area contributed by atoms with Gasteiger partial charge in [-0.15, -0.1) is 0 Å². The molecule has 9 heteroatoms. The molecule has 26 heavy (non-hydrogen) atoms. The number of aliphatic hydroxyl groups excluding tert-OH is 2. The molecule has 0 amide bonds. The van der Waals surface area contributed by atoms with Crippen molar-refractivity contribution in [1.82, 2.24) is 0 Å². The second kappa shape index (κ2) is 12.3. The van der Waals surface area contributed by atoms with Crippen molar-refractivity contribution in [3.8, 4) is 0 Å². The summed E-state index contributed by atoms with van der Waals surface area (Å²) < 4.78 is 15.2. The Balaban J connectivity index is 2.46. The average molecular weight is 370 g/mol. The van der Waals surface area contributed by atoms with E-state index in [0.29, 0.717) is 6.42 Å². The Morgan fingerprint density at radius 3 is 2.42 bits per heavy atom. The zero-order valence-electron chi connectivity index (χ0n) is 14.5. The first-order valence-electron chi connectivity index (χ1n) is 8.18. The quantitative estimate of drug-likeness (QED) is 0.316. The fourth-order valence-electron chi connectivity index (χ4n) is 1.97. The molecule has 146 valence electrons. The molecule has 0 aromatic heterocycles. The summed E-state index contributed by atoms with van der Waals surface area (Å²) in [5, 5.41) is 18.0. The summed E-state index contributed by atoms with van der Waals surface area (Å²) >= 11 is 0. The molecule has 1 rings (SSSR count). The van der Waals surface area contributed by atoms with E-state index in [4.69, 9.17) is 30.8 Å². The lowest BCUT2D eigenvalue weighted by molar-refractivity contribution is -0.163. The number of benzene rings is 1. The summed E-state index contributed by atoms with van der Waals surface area (Å²) in [7, 11) is 0. The molecular formula is C17H26N2O7. The minimum Gasteiger partial charge on any atom is -0.460 e. The first-order valence-corrected chi connectivity index (χ1v) is 8.18. The van der Waals surface area contributed by atoms with Crippen molar-refractivity contribution >= 4 is 11.9 Å². The predicted octanol–water partition coefficient (Wildman–Crippen LogP) is -1.66. The molecule has 9 nitrogen and oxygen atoms in total. The van der Waals surface area contributed by atoms with Crippen molar-refractivity contribution in [2.45, 2.75) is 24.7 Å². The molecule has 6 N–H and O–H groups in total. The van der Waals surface area contributed by atoms with E-state index >= 15 is 0 Å².